The van der Waals surface area contributed by atoms with Crippen molar-refractivity contribution < 1.29 is 52.8 Å². The molecule has 24 nitrogen and oxygen atoms in total. The molecule has 0 radical (unpaired) electrons. The summed E-state index contributed by atoms with van der Waals surface area (Å²) in [6.07, 6.45) is 3.94. The number of ether oxygens (including phenoxy) is 5. The largest absolute Gasteiger partial charge is 0.480 e. The average Bonchev–Trinajstić information content (AvgIpc) is 3.70. The third kappa shape index (κ3) is 16.9. The molecule has 3 amide bonds. The van der Waals surface area contributed by atoms with Gasteiger partial charge in [0.2, 0.25) is 11.9 Å². The van der Waals surface area contributed by atoms with E-state index in [0.29, 0.717) is 152 Å². The zero-order valence-electron chi connectivity index (χ0n) is 43.2. The number of rotatable bonds is 32. The number of Topliss-reactive ketones (excluding diaryl/α,β-unsaturated/α-hetero) is 1. The first kappa shape index (κ1) is 57.0. The molecule has 75 heavy (non-hydrogen) atoms. The van der Waals surface area contributed by atoms with Crippen LogP contribution in [-0.2, 0) is 39.7 Å². The van der Waals surface area contributed by atoms with Crippen molar-refractivity contribution in [1.29, 1.82) is 0 Å². The molecule has 10 N–H and O–H groups in total. The Bertz CT molecular complexity index is 2630. The number of anilines is 5. The van der Waals surface area contributed by atoms with Crippen molar-refractivity contribution in [1.82, 2.24) is 30.4 Å². The normalized spacial score (nSPS) is 14.0. The third-order valence-corrected chi connectivity index (χ3v) is 12.2. The van der Waals surface area contributed by atoms with Gasteiger partial charge in [0, 0.05) is 69.3 Å². The minimum absolute atomic E-state index is 0.0348. The van der Waals surface area contributed by atoms with E-state index in [2.05, 4.69) is 44.8 Å². The molecule has 0 saturated carbocycles. The maximum atomic E-state index is 13.0. The topological polar surface area (TPSA) is 328 Å². The van der Waals surface area contributed by atoms with Crippen LogP contribution in [0.25, 0.3) is 5.69 Å². The van der Waals surface area contributed by atoms with Crippen molar-refractivity contribution in [3.05, 3.63) is 70.5 Å². The Balaban J connectivity index is 0.728. The molecule has 6 rings (SSSR count). The fourth-order valence-corrected chi connectivity index (χ4v) is 8.54. The van der Waals surface area contributed by atoms with Crippen molar-refractivity contribution in [3.8, 4) is 5.69 Å². The van der Waals surface area contributed by atoms with Crippen molar-refractivity contribution in [2.75, 3.05) is 126 Å². The van der Waals surface area contributed by atoms with Gasteiger partial charge in [-0.25, -0.2) is 14.5 Å². The lowest BCUT2D eigenvalue weighted by Gasteiger charge is -2.32. The quantitative estimate of drug-likeness (QED) is 0.0346. The number of carbonyl (C=O) groups excluding carboxylic acids is 4. The van der Waals surface area contributed by atoms with E-state index in [1.807, 2.05) is 29.8 Å². The predicted molar refractivity (Wildman–Crippen MR) is 282 cm³/mol. The van der Waals surface area contributed by atoms with E-state index in [9.17, 15) is 29.1 Å². The van der Waals surface area contributed by atoms with Crippen molar-refractivity contribution >= 4 is 70.3 Å². The summed E-state index contributed by atoms with van der Waals surface area (Å²) in [5.74, 6) is -1.96. The van der Waals surface area contributed by atoms with Gasteiger partial charge in [-0.05, 0) is 80.5 Å². The summed E-state index contributed by atoms with van der Waals surface area (Å²) in [5.41, 5.74) is 22.9. The fourth-order valence-electron chi connectivity index (χ4n) is 8.54. The van der Waals surface area contributed by atoms with Crippen LogP contribution in [0.2, 0.25) is 0 Å². The second-order valence-corrected chi connectivity index (χ2v) is 18.9. The van der Waals surface area contributed by atoms with Crippen LogP contribution in [0.15, 0.2) is 47.5 Å². The van der Waals surface area contributed by atoms with Gasteiger partial charge in [-0.2, -0.15) is 15.1 Å². The molecule has 0 spiro atoms. The molecule has 0 saturated heterocycles. The van der Waals surface area contributed by atoms with Gasteiger partial charge < -0.3 is 71.7 Å². The number of carboxylic acid groups (broad SMARTS) is 1. The van der Waals surface area contributed by atoms with Crippen LogP contribution in [0.5, 0.6) is 0 Å². The van der Waals surface area contributed by atoms with Gasteiger partial charge in [-0.3, -0.25) is 19.2 Å². The first-order valence-corrected chi connectivity index (χ1v) is 25.0. The van der Waals surface area contributed by atoms with Crippen LogP contribution in [0.4, 0.5) is 34.6 Å². The number of aromatic nitrogens is 4. The van der Waals surface area contributed by atoms with Crippen LogP contribution >= 0.6 is 0 Å². The summed E-state index contributed by atoms with van der Waals surface area (Å²) in [4.78, 5) is 78.8. The number of hydrogen-bond acceptors (Lipinski definition) is 19. The molecule has 2 aliphatic rings. The minimum atomic E-state index is -1.26. The van der Waals surface area contributed by atoms with E-state index >= 15 is 0 Å². The Labute approximate surface area is 436 Å². The molecule has 406 valence electrons. The Morgan fingerprint density at radius 1 is 0.853 bits per heavy atom. The number of nitrogen functional groups attached to an aromatic ring is 2. The highest BCUT2D eigenvalue weighted by atomic mass is 16.6. The van der Waals surface area contributed by atoms with Crippen molar-refractivity contribution in [2.24, 2.45) is 16.1 Å². The van der Waals surface area contributed by atoms with E-state index in [-0.39, 0.29) is 47.3 Å². The summed E-state index contributed by atoms with van der Waals surface area (Å²) >= 11 is 0. The minimum Gasteiger partial charge on any atom is -0.480 e. The van der Waals surface area contributed by atoms with Gasteiger partial charge in [0.1, 0.15) is 11.7 Å². The number of nitrogens with zero attached hydrogens (tertiary/aromatic N) is 7. The highest BCUT2D eigenvalue weighted by Gasteiger charge is 2.36. The molecular formula is C51H71N13O11. The average molecular weight is 1040 g/mol. The maximum Gasteiger partial charge on any atom is 0.326 e. The molecule has 1 unspecified atom stereocenters. The SMILES string of the molecule is Cc1nn(-c2ccc(C(N)=O)c(NCCCOCCOCCOCCOCCOCCCNC(=O)CCC(NC(=O)c3ccc(N(C)CN4CC=Nc5nc(N)nc(N)c54)cc3)C(=O)O)c2)c2c1C(=O)CC(C)(C)C2. The number of hydrogen-bond donors (Lipinski definition) is 7. The Morgan fingerprint density at radius 2 is 1.48 bits per heavy atom. The van der Waals surface area contributed by atoms with Crippen LogP contribution in [-0.4, -0.2) is 166 Å². The van der Waals surface area contributed by atoms with Gasteiger partial charge >= 0.3 is 5.97 Å². The number of fused-ring (bicyclic) bond motifs is 2. The lowest BCUT2D eigenvalue weighted by molar-refractivity contribution is -0.139. The lowest BCUT2D eigenvalue weighted by atomic mass is 9.75. The molecule has 24 heteroatoms. The van der Waals surface area contributed by atoms with E-state index < -0.39 is 23.8 Å². The molecule has 0 bridgehead atoms. The molecule has 0 fully saturated rings. The summed E-state index contributed by atoms with van der Waals surface area (Å²) < 4.78 is 29.8. The zero-order chi connectivity index (χ0) is 53.9. The second kappa shape index (κ2) is 27.9. The van der Waals surface area contributed by atoms with Gasteiger partial charge in [-0.15, -0.1) is 0 Å². The summed E-state index contributed by atoms with van der Waals surface area (Å²) in [7, 11) is 1.86. The van der Waals surface area contributed by atoms with E-state index in [1.54, 1.807) is 47.3 Å². The van der Waals surface area contributed by atoms with Gasteiger partial charge in [0.25, 0.3) is 11.8 Å². The Hall–Kier alpha value is -7.25. The maximum absolute atomic E-state index is 13.0. The van der Waals surface area contributed by atoms with E-state index in [1.165, 1.54) is 0 Å². The van der Waals surface area contributed by atoms with E-state index in [4.69, 9.17) is 46.0 Å². The summed E-state index contributed by atoms with van der Waals surface area (Å²) in [5, 5.41) is 23.0. The molecule has 4 aromatic rings. The number of amides is 3. The number of aryl methyl sites for hydroxylation is 1. The zero-order valence-corrected chi connectivity index (χ0v) is 43.2. The number of carbonyl (C=O) groups is 5. The summed E-state index contributed by atoms with van der Waals surface area (Å²) in [6.45, 7) is 11.8. The fraction of sp³-hybridized carbons (Fsp3) is 0.510. The highest BCUT2D eigenvalue weighted by Crippen LogP contribution is 2.38. The third-order valence-electron chi connectivity index (χ3n) is 12.2. The number of carboxylic acids is 1. The monoisotopic (exact) mass is 1040 g/mol. The number of aliphatic carboxylic acids is 1. The number of aliphatic imine (C=N–C) groups is 1. The molecule has 1 atom stereocenters. The van der Waals surface area contributed by atoms with Crippen molar-refractivity contribution in [2.45, 2.75) is 65.3 Å². The molecule has 2 aromatic heterocycles. The molecule has 2 aromatic carbocycles. The Morgan fingerprint density at radius 3 is 2.11 bits per heavy atom. The number of ketones is 1. The van der Waals surface area contributed by atoms with Crippen LogP contribution in [0, 0.1) is 12.3 Å². The molecule has 3 heterocycles. The second-order valence-electron chi connectivity index (χ2n) is 18.9. The smallest absolute Gasteiger partial charge is 0.326 e. The number of benzene rings is 2. The Kier molecular flexibility index (Phi) is 21.2. The van der Waals surface area contributed by atoms with Gasteiger partial charge in [0.05, 0.1) is 94.3 Å². The predicted octanol–water partition coefficient (Wildman–Crippen LogP) is 3.06. The first-order valence-electron chi connectivity index (χ1n) is 25.0. The molecular weight excluding hydrogens is 971 g/mol. The highest BCUT2D eigenvalue weighted by molar-refractivity contribution is 6.01. The van der Waals surface area contributed by atoms with Gasteiger partial charge in [0.15, 0.2) is 17.4 Å². The van der Waals surface area contributed by atoms with Crippen LogP contribution in [0.1, 0.15) is 88.4 Å². The number of nitrogens with one attached hydrogen (secondary N) is 3. The standard InChI is InChI=1S/C51H71N13O11/c1-33-43-40(30-51(2,3)31-41(43)65)64(61-33)36-11-12-37(46(53)67)39(29-36)55-15-5-19-71-21-23-73-25-27-75-28-26-74-24-22-72-20-6-16-56-42(66)14-13-38(49(69)70)58-48(68)34-7-9-35(10-8-34)62(4)32-63-18-17-57-47-44(63)45(52)59-50(54)60-47/h7-12,17,29,38,55H,5-6,13-16,18-28,30-32H2,1-4H3,(H2,53,67)(H,56,66)(H,58,68)(H,69,70)(H4,52,54,59,60). The van der Waals surface area contributed by atoms with Crippen molar-refractivity contribution in [3.63, 3.8) is 0 Å². The number of primary amides is 1. The molecule has 1 aliphatic carbocycles. The first-order chi connectivity index (χ1) is 36.0. The number of nitrogens with two attached hydrogens (primary N) is 3. The summed E-state index contributed by atoms with van der Waals surface area (Å²) in [6, 6.07) is 10.7. The lowest BCUT2D eigenvalue weighted by Crippen LogP contribution is -2.41. The van der Waals surface area contributed by atoms with Crippen LogP contribution in [0.3, 0.4) is 0 Å². The van der Waals surface area contributed by atoms with Crippen LogP contribution < -0.4 is 43.0 Å². The van der Waals surface area contributed by atoms with E-state index in [0.717, 1.165) is 17.1 Å². The molecule has 1 aliphatic heterocycles. The van der Waals surface area contributed by atoms with Gasteiger partial charge in [-0.1, -0.05) is 13.8 Å².